The Balaban J connectivity index is 1.90. The summed E-state index contributed by atoms with van der Waals surface area (Å²) in [4.78, 5) is 5.71. The largest absolute Gasteiger partial charge is 0.386 e. The third kappa shape index (κ3) is 2.16. The van der Waals surface area contributed by atoms with Gasteiger partial charge in [-0.3, -0.25) is 0 Å². The first-order valence-electron chi connectivity index (χ1n) is 6.60. The van der Waals surface area contributed by atoms with E-state index in [-0.39, 0.29) is 6.61 Å². The smallest absolute Gasteiger partial charge is 0.261 e. The minimum absolute atomic E-state index is 0.0609. The Hall–Kier alpha value is -1.62. The third-order valence-electron chi connectivity index (χ3n) is 3.62. The minimum atomic E-state index is -1.16. The van der Waals surface area contributed by atoms with Crippen molar-refractivity contribution in [1.29, 1.82) is 0 Å². The van der Waals surface area contributed by atoms with E-state index >= 15 is 0 Å². The van der Waals surface area contributed by atoms with Crippen molar-refractivity contribution < 1.29 is 10.0 Å². The van der Waals surface area contributed by atoms with Crippen molar-refractivity contribution in [3.05, 3.63) is 64.3 Å². The lowest BCUT2D eigenvalue weighted by Crippen LogP contribution is -3.08. The maximum absolute atomic E-state index is 9.41. The number of quaternary nitrogens is 1. The van der Waals surface area contributed by atoms with Crippen LogP contribution in [0.15, 0.2) is 63.7 Å². The molecule has 0 radical (unpaired) electrons. The zero-order valence-electron chi connectivity index (χ0n) is 11.7. The van der Waals surface area contributed by atoms with Crippen LogP contribution in [-0.2, 0) is 0 Å². The molecule has 0 aromatic heterocycles. The monoisotopic (exact) mass is 287 g/mol. The molecular weight excluding hydrogens is 268 g/mol. The molecule has 2 unspecified atom stereocenters. The molecule has 0 fully saturated rings. The van der Waals surface area contributed by atoms with Crippen LogP contribution in [0.2, 0.25) is 0 Å². The number of nitrogens with one attached hydrogen (secondary N) is 1. The summed E-state index contributed by atoms with van der Waals surface area (Å²) < 4.78 is 0. The molecule has 2 aliphatic rings. The van der Waals surface area contributed by atoms with Gasteiger partial charge < -0.3 is 5.11 Å². The highest BCUT2D eigenvalue weighted by atomic mass is 32.3. The van der Waals surface area contributed by atoms with E-state index in [1.54, 1.807) is 0 Å². The highest BCUT2D eigenvalue weighted by Gasteiger charge is 2.43. The minimum Gasteiger partial charge on any atom is -0.386 e. The predicted molar refractivity (Wildman–Crippen MR) is 86.3 cm³/mol. The molecule has 2 N–H and O–H groups in total. The first-order valence-corrected chi connectivity index (χ1v) is 8.76. The second kappa shape index (κ2) is 5.05. The molecule has 0 amide bonds. The van der Waals surface area contributed by atoms with Crippen LogP contribution in [0.3, 0.4) is 0 Å². The molecule has 4 heteroatoms. The van der Waals surface area contributed by atoms with Gasteiger partial charge in [-0.15, -0.1) is 10.0 Å². The van der Waals surface area contributed by atoms with Gasteiger partial charge >= 0.3 is 0 Å². The summed E-state index contributed by atoms with van der Waals surface area (Å²) >= 11 is 0. The van der Waals surface area contributed by atoms with E-state index in [4.69, 9.17) is 0 Å². The summed E-state index contributed by atoms with van der Waals surface area (Å²) in [5.41, 5.74) is 3.38. The number of aliphatic hydroxyl groups excluding tert-OH is 1. The van der Waals surface area contributed by atoms with Crippen LogP contribution < -0.4 is 4.90 Å². The zero-order chi connectivity index (χ0) is 14.2. The molecule has 2 aliphatic heterocycles. The number of hydrogen-bond acceptors (Lipinski definition) is 2. The van der Waals surface area contributed by atoms with E-state index < -0.39 is 10.0 Å². The molecule has 0 spiro atoms. The third-order valence-corrected chi connectivity index (χ3v) is 6.31. The number of aliphatic imine (C=N–C) groups is 1. The molecule has 0 saturated heterocycles. The number of allylic oxidation sites excluding steroid dienone is 1. The van der Waals surface area contributed by atoms with E-state index in [1.165, 1.54) is 11.3 Å². The van der Waals surface area contributed by atoms with Crippen molar-refractivity contribution in [2.75, 3.05) is 12.9 Å². The van der Waals surface area contributed by atoms with Gasteiger partial charge in [-0.2, -0.15) is 4.99 Å². The normalized spacial score (nSPS) is 31.6. The SMILES string of the molecule is CC1=CS(C)(C=Cc2ccccc2)C2=NC=C(CO)[NH+]12. The Kier molecular flexibility index (Phi) is 3.38. The van der Waals surface area contributed by atoms with Crippen molar-refractivity contribution in [2.45, 2.75) is 6.92 Å². The highest BCUT2D eigenvalue weighted by molar-refractivity contribution is 8.49. The fourth-order valence-electron chi connectivity index (χ4n) is 2.65. The molecule has 0 saturated carbocycles. The molecule has 2 atom stereocenters. The average molecular weight is 287 g/mol. The lowest BCUT2D eigenvalue weighted by Gasteiger charge is -2.22. The van der Waals surface area contributed by atoms with Crippen LogP contribution in [0.1, 0.15) is 12.5 Å². The summed E-state index contributed by atoms with van der Waals surface area (Å²) in [6, 6.07) is 10.3. The lowest BCUT2D eigenvalue weighted by atomic mass is 10.2. The van der Waals surface area contributed by atoms with Crippen molar-refractivity contribution in [3.63, 3.8) is 0 Å². The topological polar surface area (TPSA) is 37.0 Å². The Bertz CT molecular complexity index is 646. The number of hydrogen-bond donors (Lipinski definition) is 2. The average Bonchev–Trinajstić information content (AvgIpc) is 3.00. The van der Waals surface area contributed by atoms with E-state index in [9.17, 15) is 5.11 Å². The van der Waals surface area contributed by atoms with Gasteiger partial charge in [0, 0.05) is 12.3 Å². The summed E-state index contributed by atoms with van der Waals surface area (Å²) in [7, 11) is -1.16. The number of rotatable bonds is 3. The molecular formula is C16H19N2OS+. The Morgan fingerprint density at radius 2 is 2.05 bits per heavy atom. The van der Waals surface area contributed by atoms with Gasteiger partial charge in [0.1, 0.15) is 12.3 Å². The molecule has 0 bridgehead atoms. The second-order valence-corrected chi connectivity index (χ2v) is 8.17. The number of aliphatic hydroxyl groups is 1. The number of amidine groups is 1. The Morgan fingerprint density at radius 1 is 1.30 bits per heavy atom. The van der Waals surface area contributed by atoms with Crippen molar-refractivity contribution in [3.8, 4) is 0 Å². The van der Waals surface area contributed by atoms with Gasteiger partial charge in [0.25, 0.3) is 5.17 Å². The number of nitrogens with zero attached hydrogens (tertiary/aromatic N) is 1. The zero-order valence-corrected chi connectivity index (χ0v) is 12.5. The van der Waals surface area contributed by atoms with Crippen molar-refractivity contribution >= 4 is 21.3 Å². The van der Waals surface area contributed by atoms with Gasteiger partial charge in [-0.1, -0.05) is 30.3 Å². The van der Waals surface area contributed by atoms with E-state index in [2.05, 4.69) is 47.2 Å². The lowest BCUT2D eigenvalue weighted by molar-refractivity contribution is -0.709. The quantitative estimate of drug-likeness (QED) is 0.877. The first-order chi connectivity index (χ1) is 9.64. The van der Waals surface area contributed by atoms with Crippen molar-refractivity contribution in [1.82, 2.24) is 0 Å². The number of benzene rings is 1. The van der Waals surface area contributed by atoms with Crippen LogP contribution in [0, 0.1) is 0 Å². The summed E-state index contributed by atoms with van der Waals surface area (Å²) in [5, 5.41) is 15.1. The van der Waals surface area contributed by atoms with Gasteiger partial charge in [0.15, 0.2) is 5.70 Å². The fourth-order valence-corrected chi connectivity index (χ4v) is 5.27. The predicted octanol–water partition coefficient (Wildman–Crippen LogP) is 2.05. The van der Waals surface area contributed by atoms with E-state index in [0.717, 1.165) is 15.8 Å². The summed E-state index contributed by atoms with van der Waals surface area (Å²) in [5.74, 6) is 0. The molecule has 2 heterocycles. The number of fused-ring (bicyclic) bond motifs is 1. The fraction of sp³-hybridized carbons (Fsp3) is 0.188. The first kappa shape index (κ1) is 13.4. The van der Waals surface area contributed by atoms with Gasteiger partial charge in [0.05, 0.1) is 6.20 Å². The Labute approximate surface area is 121 Å². The maximum Gasteiger partial charge on any atom is 0.261 e. The molecule has 1 aromatic carbocycles. The van der Waals surface area contributed by atoms with Crippen LogP contribution in [0.5, 0.6) is 0 Å². The molecule has 3 rings (SSSR count). The molecule has 20 heavy (non-hydrogen) atoms. The summed E-state index contributed by atoms with van der Waals surface area (Å²) in [6.45, 7) is 2.17. The van der Waals surface area contributed by atoms with E-state index in [0.29, 0.717) is 0 Å². The van der Waals surface area contributed by atoms with Crippen LogP contribution in [-0.4, -0.2) is 23.1 Å². The molecule has 1 aromatic rings. The maximum atomic E-state index is 9.41. The van der Waals surface area contributed by atoms with Crippen LogP contribution >= 0.6 is 10.0 Å². The standard InChI is InChI=1S/C16H18N2OS/c1-13-12-20(2,9-8-14-6-4-3-5-7-14)16-17-10-15(11-19)18(13)16/h3-10,12,19H,11H2,1-2H3/p+1. The highest BCUT2D eigenvalue weighted by Crippen LogP contribution is 2.51. The van der Waals surface area contributed by atoms with Crippen molar-refractivity contribution in [2.24, 2.45) is 4.99 Å². The summed E-state index contributed by atoms with van der Waals surface area (Å²) in [6.07, 6.45) is 6.22. The molecule has 0 aliphatic carbocycles. The van der Waals surface area contributed by atoms with Gasteiger partial charge in [0.2, 0.25) is 0 Å². The van der Waals surface area contributed by atoms with Gasteiger partial charge in [-0.25, -0.2) is 4.90 Å². The van der Waals surface area contributed by atoms with Crippen LogP contribution in [0.4, 0.5) is 0 Å². The van der Waals surface area contributed by atoms with Crippen LogP contribution in [0.25, 0.3) is 6.08 Å². The molecule has 104 valence electrons. The molecule has 3 nitrogen and oxygen atoms in total. The second-order valence-electron chi connectivity index (χ2n) is 5.18. The Morgan fingerprint density at radius 3 is 2.75 bits per heavy atom. The van der Waals surface area contributed by atoms with E-state index in [1.807, 2.05) is 24.4 Å². The van der Waals surface area contributed by atoms with Gasteiger partial charge in [-0.05, 0) is 23.3 Å².